The topological polar surface area (TPSA) is 87.7 Å². The van der Waals surface area contributed by atoms with E-state index in [-0.39, 0.29) is 24.5 Å². The van der Waals surface area contributed by atoms with Gasteiger partial charge in [0.1, 0.15) is 0 Å². The first-order valence-electron chi connectivity index (χ1n) is 6.85. The highest BCUT2D eigenvalue weighted by Crippen LogP contribution is 2.33. The number of carbonyl (C=O) groups is 2. The Kier molecular flexibility index (Phi) is 4.42. The van der Waals surface area contributed by atoms with Gasteiger partial charge < -0.3 is 20.5 Å². The molecule has 1 amide bonds. The van der Waals surface area contributed by atoms with Crippen molar-refractivity contribution in [2.24, 2.45) is 0 Å². The van der Waals surface area contributed by atoms with Crippen LogP contribution >= 0.6 is 0 Å². The smallest absolute Gasteiger partial charge is 0.305 e. The van der Waals surface area contributed by atoms with Gasteiger partial charge in [0.05, 0.1) is 24.1 Å². The molecule has 19 heavy (non-hydrogen) atoms. The van der Waals surface area contributed by atoms with Crippen molar-refractivity contribution < 1.29 is 19.4 Å². The highest BCUT2D eigenvalue weighted by Gasteiger charge is 2.40. The van der Waals surface area contributed by atoms with Gasteiger partial charge in [0.15, 0.2) is 0 Å². The van der Waals surface area contributed by atoms with E-state index in [0.29, 0.717) is 13.0 Å². The number of ether oxygens (including phenoxy) is 1. The molecule has 0 aromatic heterocycles. The van der Waals surface area contributed by atoms with Crippen LogP contribution in [0.3, 0.4) is 0 Å². The Labute approximate surface area is 112 Å². The first-order valence-corrected chi connectivity index (χ1v) is 6.85. The third-order valence-corrected chi connectivity index (χ3v) is 4.18. The van der Waals surface area contributed by atoms with Crippen molar-refractivity contribution >= 4 is 11.9 Å². The molecule has 0 radical (unpaired) electrons. The molecule has 0 aromatic rings. The van der Waals surface area contributed by atoms with Crippen LogP contribution in [0.2, 0.25) is 0 Å². The quantitative estimate of drug-likeness (QED) is 0.667. The van der Waals surface area contributed by atoms with Crippen LogP contribution in [-0.4, -0.2) is 48.3 Å². The lowest BCUT2D eigenvalue weighted by Crippen LogP contribution is -2.53. The maximum atomic E-state index is 12.2. The number of amides is 1. The second kappa shape index (κ2) is 5.88. The van der Waals surface area contributed by atoms with Gasteiger partial charge in [-0.1, -0.05) is 12.8 Å². The Balaban J connectivity index is 1.94. The maximum absolute atomic E-state index is 12.2. The SMILES string of the molecule is COC1CNC(C(=O)NC2(CC(=O)O)CCCC2)C1. The van der Waals surface area contributed by atoms with Gasteiger partial charge in [-0.25, -0.2) is 0 Å². The molecule has 1 heterocycles. The van der Waals surface area contributed by atoms with E-state index < -0.39 is 11.5 Å². The standard InChI is InChI=1S/C13H22N2O4/c1-19-9-6-10(14-8-9)12(18)15-13(7-11(16)17)4-2-3-5-13/h9-10,14H,2-8H2,1H3,(H,15,18)(H,16,17). The van der Waals surface area contributed by atoms with Crippen molar-refractivity contribution in [3.63, 3.8) is 0 Å². The fraction of sp³-hybridized carbons (Fsp3) is 0.846. The van der Waals surface area contributed by atoms with Gasteiger partial charge in [-0.3, -0.25) is 9.59 Å². The summed E-state index contributed by atoms with van der Waals surface area (Å²) in [4.78, 5) is 23.2. The summed E-state index contributed by atoms with van der Waals surface area (Å²) in [5.41, 5.74) is -0.546. The lowest BCUT2D eigenvalue weighted by Gasteiger charge is -2.30. The van der Waals surface area contributed by atoms with Crippen LogP contribution in [0.4, 0.5) is 0 Å². The van der Waals surface area contributed by atoms with E-state index in [2.05, 4.69) is 10.6 Å². The molecule has 6 heteroatoms. The molecular formula is C13H22N2O4. The van der Waals surface area contributed by atoms with Crippen LogP contribution in [0.15, 0.2) is 0 Å². The van der Waals surface area contributed by atoms with E-state index in [9.17, 15) is 9.59 Å². The summed E-state index contributed by atoms with van der Waals surface area (Å²) in [6.45, 7) is 0.667. The Morgan fingerprint density at radius 3 is 2.63 bits per heavy atom. The summed E-state index contributed by atoms with van der Waals surface area (Å²) < 4.78 is 5.21. The Bertz CT molecular complexity index is 353. The minimum atomic E-state index is -0.851. The predicted molar refractivity (Wildman–Crippen MR) is 68.8 cm³/mol. The second-order valence-corrected chi connectivity index (χ2v) is 5.60. The van der Waals surface area contributed by atoms with Crippen molar-refractivity contribution in [1.82, 2.24) is 10.6 Å². The molecule has 1 aliphatic heterocycles. The molecular weight excluding hydrogens is 248 g/mol. The molecule has 108 valence electrons. The van der Waals surface area contributed by atoms with E-state index in [0.717, 1.165) is 25.7 Å². The van der Waals surface area contributed by atoms with E-state index >= 15 is 0 Å². The molecule has 2 unspecified atom stereocenters. The van der Waals surface area contributed by atoms with Crippen LogP contribution in [0.1, 0.15) is 38.5 Å². The van der Waals surface area contributed by atoms with Crippen LogP contribution in [0, 0.1) is 0 Å². The Hall–Kier alpha value is -1.14. The third kappa shape index (κ3) is 3.45. The number of carbonyl (C=O) groups excluding carboxylic acids is 1. The van der Waals surface area contributed by atoms with Gasteiger partial charge >= 0.3 is 5.97 Å². The summed E-state index contributed by atoms with van der Waals surface area (Å²) in [6.07, 6.45) is 4.19. The third-order valence-electron chi connectivity index (χ3n) is 4.18. The molecule has 1 aliphatic carbocycles. The van der Waals surface area contributed by atoms with Gasteiger partial charge in [0.25, 0.3) is 0 Å². The van der Waals surface area contributed by atoms with E-state index in [1.54, 1.807) is 7.11 Å². The number of aliphatic carboxylic acids is 1. The summed E-state index contributed by atoms with van der Waals surface area (Å²) in [5, 5.41) is 15.1. The number of carboxylic acid groups (broad SMARTS) is 1. The largest absolute Gasteiger partial charge is 0.481 e. The summed E-state index contributed by atoms with van der Waals surface area (Å²) in [5.74, 6) is -0.945. The maximum Gasteiger partial charge on any atom is 0.305 e. The molecule has 2 fully saturated rings. The van der Waals surface area contributed by atoms with E-state index in [1.165, 1.54) is 0 Å². The van der Waals surface area contributed by atoms with Gasteiger partial charge in [0.2, 0.25) is 5.91 Å². The Morgan fingerprint density at radius 1 is 1.42 bits per heavy atom. The lowest BCUT2D eigenvalue weighted by atomic mass is 9.92. The van der Waals surface area contributed by atoms with Crippen LogP contribution in [0.25, 0.3) is 0 Å². The molecule has 2 atom stereocenters. The lowest BCUT2D eigenvalue weighted by molar-refractivity contribution is -0.139. The summed E-state index contributed by atoms with van der Waals surface area (Å²) in [6, 6.07) is -0.267. The van der Waals surface area contributed by atoms with Crippen molar-refractivity contribution in [3.8, 4) is 0 Å². The highest BCUT2D eigenvalue weighted by atomic mass is 16.5. The molecule has 2 rings (SSSR count). The van der Waals surface area contributed by atoms with Crippen LogP contribution < -0.4 is 10.6 Å². The predicted octanol–water partition coefficient (Wildman–Crippen LogP) is 0.267. The molecule has 0 bridgehead atoms. The monoisotopic (exact) mass is 270 g/mol. The van der Waals surface area contributed by atoms with Crippen molar-refractivity contribution in [3.05, 3.63) is 0 Å². The molecule has 3 N–H and O–H groups in total. The number of hydrogen-bond acceptors (Lipinski definition) is 4. The molecule has 0 aromatic carbocycles. The molecule has 2 aliphatic rings. The summed E-state index contributed by atoms with van der Waals surface area (Å²) in [7, 11) is 1.63. The van der Waals surface area contributed by atoms with Crippen LogP contribution in [-0.2, 0) is 14.3 Å². The van der Waals surface area contributed by atoms with Gasteiger partial charge in [-0.05, 0) is 19.3 Å². The molecule has 1 saturated heterocycles. The Morgan fingerprint density at radius 2 is 2.11 bits per heavy atom. The molecule has 1 saturated carbocycles. The fourth-order valence-electron chi connectivity index (χ4n) is 3.12. The first-order chi connectivity index (χ1) is 9.04. The van der Waals surface area contributed by atoms with Crippen molar-refractivity contribution in [1.29, 1.82) is 0 Å². The summed E-state index contributed by atoms with van der Waals surface area (Å²) >= 11 is 0. The van der Waals surface area contributed by atoms with Gasteiger partial charge in [-0.2, -0.15) is 0 Å². The number of hydrogen-bond donors (Lipinski definition) is 3. The fourth-order valence-corrected chi connectivity index (χ4v) is 3.12. The van der Waals surface area contributed by atoms with Gasteiger partial charge in [-0.15, -0.1) is 0 Å². The number of rotatable bonds is 5. The molecule has 6 nitrogen and oxygen atoms in total. The normalized spacial score (nSPS) is 29.3. The number of methoxy groups -OCH3 is 1. The average Bonchev–Trinajstić information content (AvgIpc) is 2.97. The number of carboxylic acids is 1. The average molecular weight is 270 g/mol. The van der Waals surface area contributed by atoms with Crippen molar-refractivity contribution in [2.75, 3.05) is 13.7 Å². The highest BCUT2D eigenvalue weighted by molar-refractivity contribution is 5.83. The van der Waals surface area contributed by atoms with Crippen LogP contribution in [0.5, 0.6) is 0 Å². The molecule has 0 spiro atoms. The minimum absolute atomic E-state index is 0.0131. The van der Waals surface area contributed by atoms with Crippen molar-refractivity contribution in [2.45, 2.75) is 56.2 Å². The zero-order valence-corrected chi connectivity index (χ0v) is 11.3. The van der Waals surface area contributed by atoms with E-state index in [1.807, 2.05) is 0 Å². The zero-order chi connectivity index (χ0) is 13.9. The van der Waals surface area contributed by atoms with E-state index in [4.69, 9.17) is 9.84 Å². The minimum Gasteiger partial charge on any atom is -0.481 e. The zero-order valence-electron chi connectivity index (χ0n) is 11.3. The van der Waals surface area contributed by atoms with Gasteiger partial charge in [0, 0.05) is 13.7 Å². The first kappa shape index (κ1) is 14.3. The second-order valence-electron chi connectivity index (χ2n) is 5.60. The number of nitrogens with one attached hydrogen (secondary N) is 2.